The molecule has 1 heterocycles. The Morgan fingerprint density at radius 2 is 2.04 bits per heavy atom. The van der Waals surface area contributed by atoms with Crippen molar-refractivity contribution in [2.45, 2.75) is 33.2 Å². The highest BCUT2D eigenvalue weighted by molar-refractivity contribution is 14.0. The molecule has 28 heavy (non-hydrogen) atoms. The maximum atomic E-state index is 12.0. The fraction of sp³-hybridized carbons (Fsp3) is 0.400. The lowest BCUT2D eigenvalue weighted by molar-refractivity contribution is 0.0953. The Hall–Kier alpha value is -2.23. The molecule has 2 aromatic rings. The third kappa shape index (κ3) is 7.79. The van der Waals surface area contributed by atoms with Crippen LogP contribution in [0.3, 0.4) is 0 Å². The summed E-state index contributed by atoms with van der Waals surface area (Å²) in [7, 11) is 0. The Balaban J connectivity index is 0.00000392. The number of carbonyl (C=O) groups is 1. The van der Waals surface area contributed by atoms with Gasteiger partial charge in [-0.2, -0.15) is 0 Å². The number of aromatic hydroxyl groups is 1. The first kappa shape index (κ1) is 23.8. The van der Waals surface area contributed by atoms with E-state index in [0.29, 0.717) is 31.0 Å². The molecular formula is C20H29IN4O3. The second-order valence-electron chi connectivity index (χ2n) is 6.23. The van der Waals surface area contributed by atoms with Crippen LogP contribution in [0, 0.1) is 6.92 Å². The summed E-state index contributed by atoms with van der Waals surface area (Å²) in [6, 6.07) is 10.2. The monoisotopic (exact) mass is 500 g/mol. The topological polar surface area (TPSA) is 98.9 Å². The number of phenolic OH excluding ortho intramolecular Hbond substituents is 1. The third-order valence-corrected chi connectivity index (χ3v) is 3.88. The molecule has 0 aliphatic rings. The number of furan rings is 1. The van der Waals surface area contributed by atoms with Crippen LogP contribution in [0.5, 0.6) is 5.75 Å². The van der Waals surface area contributed by atoms with Gasteiger partial charge in [0.05, 0.1) is 6.04 Å². The SMILES string of the molecule is CCNC(=NCCCNC(=O)c1cccc(O)c1)NC(C)c1ccc(C)o1.I. The average Bonchev–Trinajstić information content (AvgIpc) is 3.08. The molecule has 7 nitrogen and oxygen atoms in total. The summed E-state index contributed by atoms with van der Waals surface area (Å²) in [5.41, 5.74) is 0.441. The van der Waals surface area contributed by atoms with Gasteiger partial charge in [0.15, 0.2) is 5.96 Å². The van der Waals surface area contributed by atoms with Gasteiger partial charge in [-0.15, -0.1) is 24.0 Å². The van der Waals surface area contributed by atoms with E-state index in [-0.39, 0.29) is 41.7 Å². The molecule has 154 valence electrons. The van der Waals surface area contributed by atoms with Gasteiger partial charge in [0.25, 0.3) is 5.91 Å². The van der Waals surface area contributed by atoms with Crippen molar-refractivity contribution in [1.29, 1.82) is 0 Å². The van der Waals surface area contributed by atoms with Gasteiger partial charge in [0.1, 0.15) is 17.3 Å². The number of carbonyl (C=O) groups excluding carboxylic acids is 1. The molecule has 1 atom stereocenters. The Labute approximate surface area is 183 Å². The Morgan fingerprint density at radius 3 is 2.68 bits per heavy atom. The van der Waals surface area contributed by atoms with E-state index in [1.165, 1.54) is 12.1 Å². The number of halogens is 1. The van der Waals surface area contributed by atoms with Crippen LogP contribution in [0.15, 0.2) is 45.8 Å². The standard InChI is InChI=1S/C20H28N4O3.HI/c1-4-21-20(24-15(3)18-10-9-14(2)27-18)23-12-6-11-22-19(26)16-7-5-8-17(25)13-16;/h5,7-10,13,15,25H,4,6,11-12H2,1-3H3,(H,22,26)(H2,21,23,24);1H. The van der Waals surface area contributed by atoms with Crippen molar-refractivity contribution in [2.24, 2.45) is 4.99 Å². The normalized spacial score (nSPS) is 12.0. The summed E-state index contributed by atoms with van der Waals surface area (Å²) in [4.78, 5) is 16.5. The van der Waals surface area contributed by atoms with Crippen molar-refractivity contribution < 1.29 is 14.3 Å². The van der Waals surface area contributed by atoms with E-state index in [0.717, 1.165) is 18.1 Å². The van der Waals surface area contributed by atoms with E-state index in [1.54, 1.807) is 12.1 Å². The smallest absolute Gasteiger partial charge is 0.251 e. The average molecular weight is 500 g/mol. The fourth-order valence-corrected chi connectivity index (χ4v) is 2.50. The predicted molar refractivity (Wildman–Crippen MR) is 121 cm³/mol. The first-order valence-corrected chi connectivity index (χ1v) is 9.18. The highest BCUT2D eigenvalue weighted by Gasteiger charge is 2.11. The van der Waals surface area contributed by atoms with E-state index in [4.69, 9.17) is 4.42 Å². The number of hydrogen-bond acceptors (Lipinski definition) is 4. The molecule has 0 saturated carbocycles. The van der Waals surface area contributed by atoms with Crippen LogP contribution in [0.4, 0.5) is 0 Å². The first-order valence-electron chi connectivity index (χ1n) is 9.18. The molecule has 1 aromatic heterocycles. The van der Waals surface area contributed by atoms with Crippen LogP contribution in [0.25, 0.3) is 0 Å². The van der Waals surface area contributed by atoms with Crippen LogP contribution in [0.2, 0.25) is 0 Å². The van der Waals surface area contributed by atoms with Gasteiger partial charge >= 0.3 is 0 Å². The Morgan fingerprint density at radius 1 is 1.25 bits per heavy atom. The van der Waals surface area contributed by atoms with Crippen molar-refractivity contribution in [3.05, 3.63) is 53.5 Å². The molecule has 1 amide bonds. The maximum absolute atomic E-state index is 12.0. The van der Waals surface area contributed by atoms with Crippen LogP contribution in [0.1, 0.15) is 48.2 Å². The van der Waals surface area contributed by atoms with E-state index in [2.05, 4.69) is 20.9 Å². The van der Waals surface area contributed by atoms with E-state index in [9.17, 15) is 9.90 Å². The number of benzene rings is 1. The number of hydrogen-bond donors (Lipinski definition) is 4. The number of nitrogens with one attached hydrogen (secondary N) is 3. The molecular weight excluding hydrogens is 471 g/mol. The van der Waals surface area contributed by atoms with Gasteiger partial charge in [-0.1, -0.05) is 6.07 Å². The fourth-order valence-electron chi connectivity index (χ4n) is 2.50. The van der Waals surface area contributed by atoms with Crippen molar-refractivity contribution in [1.82, 2.24) is 16.0 Å². The second-order valence-corrected chi connectivity index (χ2v) is 6.23. The molecule has 8 heteroatoms. The van der Waals surface area contributed by atoms with Crippen molar-refractivity contribution in [3.8, 4) is 5.75 Å². The van der Waals surface area contributed by atoms with Gasteiger partial charge in [0.2, 0.25) is 0 Å². The number of aryl methyl sites for hydroxylation is 1. The number of aliphatic imine (C=N–C) groups is 1. The van der Waals surface area contributed by atoms with Gasteiger partial charge in [-0.05, 0) is 57.5 Å². The minimum Gasteiger partial charge on any atom is -0.508 e. The van der Waals surface area contributed by atoms with Gasteiger partial charge in [-0.3, -0.25) is 9.79 Å². The Bertz CT molecular complexity index is 776. The molecule has 0 aliphatic carbocycles. The lowest BCUT2D eigenvalue weighted by atomic mass is 10.2. The Kier molecular flexibility index (Phi) is 10.4. The summed E-state index contributed by atoms with van der Waals surface area (Å²) < 4.78 is 5.63. The van der Waals surface area contributed by atoms with Crippen molar-refractivity contribution >= 4 is 35.8 Å². The van der Waals surface area contributed by atoms with Crippen molar-refractivity contribution in [3.63, 3.8) is 0 Å². The molecule has 0 spiro atoms. The van der Waals surface area contributed by atoms with Gasteiger partial charge < -0.3 is 25.5 Å². The number of guanidine groups is 1. The van der Waals surface area contributed by atoms with Crippen LogP contribution >= 0.6 is 24.0 Å². The summed E-state index contributed by atoms with van der Waals surface area (Å²) in [5.74, 6) is 2.31. The van der Waals surface area contributed by atoms with E-state index >= 15 is 0 Å². The quantitative estimate of drug-likeness (QED) is 0.193. The maximum Gasteiger partial charge on any atom is 0.251 e. The summed E-state index contributed by atoms with van der Waals surface area (Å²) in [6.07, 6.45) is 0.704. The molecule has 0 fully saturated rings. The number of rotatable bonds is 8. The van der Waals surface area contributed by atoms with E-state index < -0.39 is 0 Å². The summed E-state index contributed by atoms with van der Waals surface area (Å²) in [5, 5.41) is 18.8. The number of nitrogens with zero attached hydrogens (tertiary/aromatic N) is 1. The minimum absolute atomic E-state index is 0. The molecule has 0 aliphatic heterocycles. The highest BCUT2D eigenvalue weighted by atomic mass is 127. The van der Waals surface area contributed by atoms with Crippen LogP contribution in [-0.4, -0.2) is 36.6 Å². The molecule has 2 rings (SSSR count). The molecule has 4 N–H and O–H groups in total. The molecule has 0 bridgehead atoms. The van der Waals surface area contributed by atoms with Crippen LogP contribution in [-0.2, 0) is 0 Å². The second kappa shape index (κ2) is 12.3. The van der Waals surface area contributed by atoms with E-state index in [1.807, 2.05) is 32.9 Å². The zero-order valence-electron chi connectivity index (χ0n) is 16.5. The molecule has 1 aromatic carbocycles. The zero-order valence-corrected chi connectivity index (χ0v) is 18.8. The molecule has 0 saturated heterocycles. The third-order valence-electron chi connectivity index (χ3n) is 3.88. The van der Waals surface area contributed by atoms with Crippen LogP contribution < -0.4 is 16.0 Å². The summed E-state index contributed by atoms with van der Waals surface area (Å²) >= 11 is 0. The lowest BCUT2D eigenvalue weighted by Gasteiger charge is -2.16. The molecule has 0 radical (unpaired) electrons. The molecule has 1 unspecified atom stereocenters. The zero-order chi connectivity index (χ0) is 19.6. The van der Waals surface area contributed by atoms with Gasteiger partial charge in [0, 0.05) is 25.2 Å². The number of phenols is 1. The first-order chi connectivity index (χ1) is 13.0. The van der Waals surface area contributed by atoms with Gasteiger partial charge in [-0.25, -0.2) is 0 Å². The minimum atomic E-state index is -0.207. The highest BCUT2D eigenvalue weighted by Crippen LogP contribution is 2.15. The number of amides is 1. The largest absolute Gasteiger partial charge is 0.508 e. The van der Waals surface area contributed by atoms with Crippen molar-refractivity contribution in [2.75, 3.05) is 19.6 Å². The summed E-state index contributed by atoms with van der Waals surface area (Å²) in [6.45, 7) is 7.77. The predicted octanol–water partition coefficient (Wildman–Crippen LogP) is 3.35. The lowest BCUT2D eigenvalue weighted by Crippen LogP contribution is -2.38.